The van der Waals surface area contributed by atoms with Crippen LogP contribution in [0.1, 0.15) is 89.0 Å². The molecule has 2 aromatic carbocycles. The van der Waals surface area contributed by atoms with E-state index in [1.54, 1.807) is 0 Å². The number of nitriles is 1. The zero-order chi connectivity index (χ0) is 27.9. The molecule has 0 bridgehead atoms. The summed E-state index contributed by atoms with van der Waals surface area (Å²) in [6.07, 6.45) is 1.85. The summed E-state index contributed by atoms with van der Waals surface area (Å²) in [5.74, 6) is 0. The van der Waals surface area contributed by atoms with Gasteiger partial charge in [0.2, 0.25) is 0 Å². The number of pyridine rings is 2. The summed E-state index contributed by atoms with van der Waals surface area (Å²) < 4.78 is 0. The molecule has 2 aromatic heterocycles. The normalized spacial score (nSPS) is 12.3. The van der Waals surface area contributed by atoms with Crippen LogP contribution in [0.25, 0.3) is 22.4 Å². The van der Waals surface area contributed by atoms with Gasteiger partial charge in [-0.25, -0.2) is 0 Å². The van der Waals surface area contributed by atoms with Gasteiger partial charge in [0, 0.05) is 22.9 Å². The number of aryl methyl sites for hydroxylation is 1. The maximum absolute atomic E-state index is 10.7. The molecule has 0 N–H and O–H groups in total. The first-order valence-corrected chi connectivity index (χ1v) is 13.3. The summed E-state index contributed by atoms with van der Waals surface area (Å²) >= 11 is 0. The lowest BCUT2D eigenvalue weighted by atomic mass is 9.70. The first kappa shape index (κ1) is 27.3. The topological polar surface area (TPSA) is 49.6 Å². The van der Waals surface area contributed by atoms with Crippen LogP contribution in [-0.2, 0) is 16.2 Å². The highest BCUT2D eigenvalue weighted by atomic mass is 14.7. The Labute approximate surface area is 228 Å². The molecule has 0 fully saturated rings. The lowest BCUT2D eigenvalue weighted by Crippen LogP contribution is -2.23. The third kappa shape index (κ3) is 5.14. The largest absolute Gasteiger partial charge is 0.260 e. The third-order valence-corrected chi connectivity index (χ3v) is 7.30. The predicted molar refractivity (Wildman–Crippen MR) is 158 cm³/mol. The van der Waals surface area contributed by atoms with Crippen molar-refractivity contribution in [2.24, 2.45) is 0 Å². The van der Waals surface area contributed by atoms with Crippen LogP contribution in [0.3, 0.4) is 0 Å². The van der Waals surface area contributed by atoms with Crippen molar-refractivity contribution in [2.75, 3.05) is 0 Å². The van der Waals surface area contributed by atoms with Crippen molar-refractivity contribution in [3.63, 3.8) is 0 Å². The highest BCUT2D eigenvalue weighted by Crippen LogP contribution is 2.45. The molecule has 38 heavy (non-hydrogen) atoms. The van der Waals surface area contributed by atoms with E-state index in [-0.39, 0.29) is 16.2 Å². The smallest absolute Gasteiger partial charge is 0.0998 e. The number of nitrogens with zero attached hydrogens (tertiary/aromatic N) is 3. The van der Waals surface area contributed by atoms with E-state index in [9.17, 15) is 5.26 Å². The van der Waals surface area contributed by atoms with Gasteiger partial charge in [-0.05, 0) is 75.9 Å². The lowest BCUT2D eigenvalue weighted by Gasteiger charge is -2.32. The minimum atomic E-state index is -0.274. The molecule has 0 unspecified atom stereocenters. The van der Waals surface area contributed by atoms with Gasteiger partial charge in [0.05, 0.1) is 23.0 Å². The van der Waals surface area contributed by atoms with Crippen LogP contribution in [0.2, 0.25) is 0 Å². The molecule has 3 heteroatoms. The predicted octanol–water partition coefficient (Wildman–Crippen LogP) is 8.91. The van der Waals surface area contributed by atoms with Gasteiger partial charge in [-0.3, -0.25) is 9.97 Å². The van der Waals surface area contributed by atoms with Crippen molar-refractivity contribution in [1.29, 1.82) is 5.26 Å². The molecular formula is C35H39N3. The van der Waals surface area contributed by atoms with Crippen molar-refractivity contribution in [2.45, 2.75) is 78.6 Å². The molecule has 0 saturated carbocycles. The average Bonchev–Trinajstić information content (AvgIpc) is 2.86. The first-order chi connectivity index (χ1) is 17.7. The van der Waals surface area contributed by atoms with Crippen LogP contribution >= 0.6 is 0 Å². The fraction of sp³-hybridized carbons (Fsp3) is 0.343. The Morgan fingerprint density at radius 3 is 1.95 bits per heavy atom. The van der Waals surface area contributed by atoms with Crippen LogP contribution in [0, 0.1) is 18.3 Å². The SMILES string of the molecule is Cc1cccc(-c2cc(-c3cccc(C(C)(C)c4ccccn4)c3)c(C(C)(C)C)c(C#N)c2C(C)(C)C)n1. The van der Waals surface area contributed by atoms with Crippen LogP contribution in [0.5, 0.6) is 0 Å². The molecule has 0 spiro atoms. The molecule has 0 atom stereocenters. The molecule has 0 aliphatic carbocycles. The molecule has 0 aliphatic rings. The van der Waals surface area contributed by atoms with Gasteiger partial charge in [-0.1, -0.05) is 91.8 Å². The Bertz CT molecular complexity index is 1510. The van der Waals surface area contributed by atoms with Gasteiger partial charge in [-0.15, -0.1) is 0 Å². The van der Waals surface area contributed by atoms with E-state index in [0.717, 1.165) is 50.5 Å². The van der Waals surface area contributed by atoms with Gasteiger partial charge < -0.3 is 0 Å². The van der Waals surface area contributed by atoms with Gasteiger partial charge in [0.1, 0.15) is 0 Å². The second-order valence-electron chi connectivity index (χ2n) is 12.8. The van der Waals surface area contributed by atoms with Crippen molar-refractivity contribution in [3.05, 3.63) is 107 Å². The Hall–Kier alpha value is -3.77. The first-order valence-electron chi connectivity index (χ1n) is 13.3. The van der Waals surface area contributed by atoms with E-state index in [1.807, 2.05) is 37.4 Å². The zero-order valence-electron chi connectivity index (χ0n) is 24.3. The molecule has 0 amide bonds. The highest BCUT2D eigenvalue weighted by Gasteiger charge is 2.33. The van der Waals surface area contributed by atoms with Crippen molar-refractivity contribution >= 4 is 0 Å². The molecule has 2 heterocycles. The summed E-state index contributed by atoms with van der Waals surface area (Å²) in [7, 11) is 0. The Kier molecular flexibility index (Phi) is 7.06. The van der Waals surface area contributed by atoms with E-state index in [1.165, 1.54) is 5.56 Å². The molecule has 0 saturated heterocycles. The monoisotopic (exact) mass is 501 g/mol. The molecule has 4 aromatic rings. The minimum absolute atomic E-state index is 0.243. The average molecular weight is 502 g/mol. The van der Waals surface area contributed by atoms with Crippen LogP contribution in [-0.4, -0.2) is 9.97 Å². The minimum Gasteiger partial charge on any atom is -0.260 e. The third-order valence-electron chi connectivity index (χ3n) is 7.30. The number of hydrogen-bond acceptors (Lipinski definition) is 3. The molecule has 0 aliphatic heterocycles. The van der Waals surface area contributed by atoms with Gasteiger partial charge >= 0.3 is 0 Å². The standard InChI is InChI=1S/C35H39N3/c1-23-14-12-17-29(38-23)27-21-26(31(33(2,3)4)28(22-36)32(27)34(5,6)7)24-15-13-16-25(20-24)35(8,9)30-18-10-11-19-37-30/h10-21H,1-9H3. The maximum atomic E-state index is 10.7. The van der Waals surface area contributed by atoms with Gasteiger partial charge in [-0.2, -0.15) is 5.26 Å². The number of hydrogen-bond donors (Lipinski definition) is 0. The zero-order valence-corrected chi connectivity index (χ0v) is 24.3. The van der Waals surface area contributed by atoms with E-state index in [4.69, 9.17) is 4.98 Å². The summed E-state index contributed by atoms with van der Waals surface area (Å²) in [4.78, 5) is 9.56. The molecule has 4 rings (SSSR count). The summed E-state index contributed by atoms with van der Waals surface area (Å²) in [5.41, 5.74) is 9.40. The second kappa shape index (κ2) is 9.84. The fourth-order valence-electron chi connectivity index (χ4n) is 5.43. The Balaban J connectivity index is 2.09. The van der Waals surface area contributed by atoms with E-state index in [2.05, 4.69) is 109 Å². The number of aromatic nitrogens is 2. The number of rotatable bonds is 4. The maximum Gasteiger partial charge on any atom is 0.0998 e. The van der Waals surface area contributed by atoms with Crippen LogP contribution in [0.15, 0.2) is 72.9 Å². The fourth-order valence-corrected chi connectivity index (χ4v) is 5.43. The molecule has 194 valence electrons. The van der Waals surface area contributed by atoms with Gasteiger partial charge in [0.15, 0.2) is 0 Å². The second-order valence-corrected chi connectivity index (χ2v) is 12.8. The van der Waals surface area contributed by atoms with Crippen LogP contribution < -0.4 is 0 Å². The summed E-state index contributed by atoms with van der Waals surface area (Å²) in [6.45, 7) is 19.6. The highest BCUT2D eigenvalue weighted by molar-refractivity contribution is 5.82. The van der Waals surface area contributed by atoms with E-state index in [0.29, 0.717) is 0 Å². The van der Waals surface area contributed by atoms with E-state index < -0.39 is 0 Å². The van der Waals surface area contributed by atoms with Gasteiger partial charge in [0.25, 0.3) is 0 Å². The van der Waals surface area contributed by atoms with E-state index >= 15 is 0 Å². The molecule has 3 nitrogen and oxygen atoms in total. The van der Waals surface area contributed by atoms with Crippen molar-refractivity contribution < 1.29 is 0 Å². The summed E-state index contributed by atoms with van der Waals surface area (Å²) in [6, 6.07) is 25.8. The molecule has 0 radical (unpaired) electrons. The quantitative estimate of drug-likeness (QED) is 0.280. The Morgan fingerprint density at radius 2 is 1.37 bits per heavy atom. The lowest BCUT2D eigenvalue weighted by molar-refractivity contribution is 0.567. The molecular weight excluding hydrogens is 462 g/mol. The van der Waals surface area contributed by atoms with Crippen molar-refractivity contribution in [3.8, 4) is 28.5 Å². The summed E-state index contributed by atoms with van der Waals surface area (Å²) in [5, 5.41) is 10.7. The Morgan fingerprint density at radius 1 is 0.711 bits per heavy atom. The van der Waals surface area contributed by atoms with Crippen LogP contribution in [0.4, 0.5) is 0 Å². The van der Waals surface area contributed by atoms with Crippen molar-refractivity contribution in [1.82, 2.24) is 9.97 Å². The number of benzene rings is 2.